The van der Waals surface area contributed by atoms with Gasteiger partial charge in [-0.25, -0.2) is 0 Å². The number of benzene rings is 1. The molecule has 0 atom stereocenters. The van der Waals surface area contributed by atoms with Gasteiger partial charge in [0.1, 0.15) is 0 Å². The van der Waals surface area contributed by atoms with Crippen molar-refractivity contribution in [3.8, 4) is 5.69 Å². The maximum absolute atomic E-state index is 4.10. The largest absolute Gasteiger partial charge is 0.324 e. The second-order valence-corrected chi connectivity index (χ2v) is 3.50. The summed E-state index contributed by atoms with van der Waals surface area (Å²) in [4.78, 5) is 4.10. The maximum atomic E-state index is 4.10. The van der Waals surface area contributed by atoms with Gasteiger partial charge in [-0.05, 0) is 35.7 Å². The van der Waals surface area contributed by atoms with Gasteiger partial charge < -0.3 is 4.57 Å². The van der Waals surface area contributed by atoms with E-state index in [0.717, 1.165) is 0 Å². The van der Waals surface area contributed by atoms with Gasteiger partial charge in [-0.2, -0.15) is 0 Å². The summed E-state index contributed by atoms with van der Waals surface area (Å²) in [5.41, 5.74) is 1.18. The Morgan fingerprint density at radius 2 is 1.80 bits per heavy atom. The van der Waals surface area contributed by atoms with Crippen LogP contribution < -0.4 is 0 Å². The lowest BCUT2D eigenvalue weighted by molar-refractivity contribution is 1.08. The average molecular weight is 194 g/mol. The van der Waals surface area contributed by atoms with Gasteiger partial charge in [0, 0.05) is 35.9 Å². The molecule has 0 aliphatic carbocycles. The van der Waals surface area contributed by atoms with E-state index in [1.165, 1.54) is 16.5 Å². The molecule has 0 amide bonds. The van der Waals surface area contributed by atoms with Crippen LogP contribution in [0, 0.1) is 0 Å². The van der Waals surface area contributed by atoms with E-state index >= 15 is 0 Å². The number of aromatic nitrogens is 2. The Hall–Kier alpha value is -2.09. The first-order valence-electron chi connectivity index (χ1n) is 4.91. The summed E-state index contributed by atoms with van der Waals surface area (Å²) >= 11 is 0. The van der Waals surface area contributed by atoms with E-state index in [4.69, 9.17) is 0 Å². The van der Waals surface area contributed by atoms with E-state index in [1.807, 2.05) is 43.0 Å². The van der Waals surface area contributed by atoms with Crippen LogP contribution in [-0.4, -0.2) is 9.55 Å². The third-order valence-corrected chi connectivity index (χ3v) is 2.53. The molecule has 0 fully saturated rings. The van der Waals surface area contributed by atoms with Gasteiger partial charge in [-0.3, -0.25) is 4.98 Å². The fourth-order valence-electron chi connectivity index (χ4n) is 1.74. The van der Waals surface area contributed by atoms with E-state index < -0.39 is 0 Å². The molecule has 0 unspecified atom stereocenters. The Kier molecular flexibility index (Phi) is 1.78. The zero-order valence-corrected chi connectivity index (χ0v) is 8.17. The van der Waals surface area contributed by atoms with E-state index in [0.29, 0.717) is 0 Å². The second kappa shape index (κ2) is 3.24. The van der Waals surface area contributed by atoms with Crippen molar-refractivity contribution in [2.75, 3.05) is 0 Å². The zero-order chi connectivity index (χ0) is 10.1. The van der Waals surface area contributed by atoms with Crippen LogP contribution in [0.4, 0.5) is 0 Å². The first kappa shape index (κ1) is 8.24. The van der Waals surface area contributed by atoms with Crippen LogP contribution in [0.3, 0.4) is 0 Å². The Balaban J connectivity index is 2.22. The average Bonchev–Trinajstić information content (AvgIpc) is 2.82. The number of fused-ring (bicyclic) bond motifs is 1. The van der Waals surface area contributed by atoms with Crippen LogP contribution in [0.2, 0.25) is 0 Å². The highest BCUT2D eigenvalue weighted by Gasteiger charge is 1.96. The van der Waals surface area contributed by atoms with Crippen LogP contribution in [-0.2, 0) is 0 Å². The van der Waals surface area contributed by atoms with E-state index in [1.54, 1.807) is 0 Å². The van der Waals surface area contributed by atoms with Crippen molar-refractivity contribution < 1.29 is 0 Å². The SMILES string of the molecule is c1ccn(-c2ccc3cnccc3c2)c1. The van der Waals surface area contributed by atoms with Gasteiger partial charge in [0.25, 0.3) is 0 Å². The highest BCUT2D eigenvalue weighted by atomic mass is 14.9. The molecule has 0 spiro atoms. The smallest absolute Gasteiger partial charge is 0.0455 e. The van der Waals surface area contributed by atoms with Gasteiger partial charge in [0.15, 0.2) is 0 Å². The molecule has 0 N–H and O–H groups in total. The van der Waals surface area contributed by atoms with Crippen molar-refractivity contribution in [3.05, 3.63) is 61.2 Å². The van der Waals surface area contributed by atoms with Crippen molar-refractivity contribution in [2.45, 2.75) is 0 Å². The molecule has 15 heavy (non-hydrogen) atoms. The fourth-order valence-corrected chi connectivity index (χ4v) is 1.74. The van der Waals surface area contributed by atoms with Crippen molar-refractivity contribution in [1.82, 2.24) is 9.55 Å². The molecular formula is C13H10N2. The van der Waals surface area contributed by atoms with Crippen LogP contribution in [0.5, 0.6) is 0 Å². The molecule has 0 aliphatic rings. The summed E-state index contributed by atoms with van der Waals surface area (Å²) in [5.74, 6) is 0. The molecule has 2 nitrogen and oxygen atoms in total. The molecule has 0 saturated heterocycles. The maximum Gasteiger partial charge on any atom is 0.0455 e. The van der Waals surface area contributed by atoms with Gasteiger partial charge in [-0.1, -0.05) is 6.07 Å². The monoisotopic (exact) mass is 194 g/mol. The third kappa shape index (κ3) is 1.40. The highest BCUT2D eigenvalue weighted by Crippen LogP contribution is 2.17. The number of hydrogen-bond acceptors (Lipinski definition) is 1. The number of hydrogen-bond donors (Lipinski definition) is 0. The second-order valence-electron chi connectivity index (χ2n) is 3.50. The highest BCUT2D eigenvalue weighted by molar-refractivity contribution is 5.83. The minimum atomic E-state index is 1.17. The molecule has 72 valence electrons. The fraction of sp³-hybridized carbons (Fsp3) is 0. The quantitative estimate of drug-likeness (QED) is 0.582. The number of rotatable bonds is 1. The minimum Gasteiger partial charge on any atom is -0.324 e. The molecule has 0 aliphatic heterocycles. The molecule has 0 radical (unpaired) electrons. The van der Waals surface area contributed by atoms with Gasteiger partial charge in [-0.15, -0.1) is 0 Å². The van der Waals surface area contributed by atoms with Gasteiger partial charge in [0.05, 0.1) is 0 Å². The Morgan fingerprint density at radius 3 is 2.67 bits per heavy atom. The zero-order valence-electron chi connectivity index (χ0n) is 8.17. The molecule has 3 aromatic rings. The molecule has 2 aromatic heterocycles. The summed E-state index contributed by atoms with van der Waals surface area (Å²) in [7, 11) is 0. The standard InChI is InChI=1S/C13H10N2/c1-2-8-15(7-1)13-4-3-12-10-14-6-5-11(12)9-13/h1-10H. The summed E-state index contributed by atoms with van der Waals surface area (Å²) in [6.07, 6.45) is 7.79. The van der Waals surface area contributed by atoms with Crippen LogP contribution >= 0.6 is 0 Å². The van der Waals surface area contributed by atoms with Crippen molar-refractivity contribution in [3.63, 3.8) is 0 Å². The van der Waals surface area contributed by atoms with E-state index in [-0.39, 0.29) is 0 Å². The number of pyridine rings is 1. The van der Waals surface area contributed by atoms with Crippen LogP contribution in [0.1, 0.15) is 0 Å². The topological polar surface area (TPSA) is 17.8 Å². The lowest BCUT2D eigenvalue weighted by Gasteiger charge is -2.04. The molecule has 1 aromatic carbocycles. The summed E-state index contributed by atoms with van der Waals surface area (Å²) < 4.78 is 2.10. The number of nitrogens with zero attached hydrogens (tertiary/aromatic N) is 2. The first-order chi connectivity index (χ1) is 7.43. The molecule has 3 rings (SSSR count). The van der Waals surface area contributed by atoms with Crippen molar-refractivity contribution >= 4 is 10.8 Å². The minimum absolute atomic E-state index is 1.17. The predicted octanol–water partition coefficient (Wildman–Crippen LogP) is 3.03. The molecule has 2 heterocycles. The summed E-state index contributed by atoms with van der Waals surface area (Å²) in [6.45, 7) is 0. The lowest BCUT2D eigenvalue weighted by Crippen LogP contribution is -1.88. The third-order valence-electron chi connectivity index (χ3n) is 2.53. The van der Waals surface area contributed by atoms with Crippen molar-refractivity contribution in [2.24, 2.45) is 0 Å². The van der Waals surface area contributed by atoms with E-state index in [2.05, 4.69) is 27.8 Å². The first-order valence-corrected chi connectivity index (χ1v) is 4.91. The van der Waals surface area contributed by atoms with Crippen molar-refractivity contribution in [1.29, 1.82) is 0 Å². The summed E-state index contributed by atoms with van der Waals surface area (Å²) in [6, 6.07) is 12.4. The van der Waals surface area contributed by atoms with Crippen LogP contribution in [0.25, 0.3) is 16.5 Å². The Bertz CT molecular complexity index is 582. The van der Waals surface area contributed by atoms with Gasteiger partial charge >= 0.3 is 0 Å². The Morgan fingerprint density at radius 1 is 0.933 bits per heavy atom. The Labute approximate surface area is 87.8 Å². The lowest BCUT2D eigenvalue weighted by atomic mass is 10.1. The normalized spacial score (nSPS) is 10.7. The molecule has 0 bridgehead atoms. The molecular weight excluding hydrogens is 184 g/mol. The predicted molar refractivity (Wildman–Crippen MR) is 61.1 cm³/mol. The van der Waals surface area contributed by atoms with Crippen LogP contribution in [0.15, 0.2) is 61.2 Å². The van der Waals surface area contributed by atoms with Gasteiger partial charge in [0.2, 0.25) is 0 Å². The van der Waals surface area contributed by atoms with E-state index in [9.17, 15) is 0 Å². The molecule has 2 heteroatoms. The molecule has 0 saturated carbocycles. The summed E-state index contributed by atoms with van der Waals surface area (Å²) in [5, 5.41) is 2.39.